The van der Waals surface area contributed by atoms with Crippen LogP contribution >= 0.6 is 15.9 Å². The summed E-state index contributed by atoms with van der Waals surface area (Å²) in [5.74, 6) is 0.113. The van der Waals surface area contributed by atoms with E-state index >= 15 is 0 Å². The minimum atomic E-state index is -2.16. The van der Waals surface area contributed by atoms with Crippen LogP contribution < -0.4 is 10.9 Å². The second kappa shape index (κ2) is 12.0. The van der Waals surface area contributed by atoms with E-state index in [9.17, 15) is 14.0 Å². The van der Waals surface area contributed by atoms with Gasteiger partial charge in [-0.15, -0.1) is 5.10 Å². The lowest BCUT2D eigenvalue weighted by Gasteiger charge is -2.37. The number of halogens is 2. The summed E-state index contributed by atoms with van der Waals surface area (Å²) in [5, 5.41) is 8.12. The number of carbonyl (C=O) groups excluding carboxylic acids is 1. The number of nitrogens with zero attached hydrogens (tertiary/aromatic N) is 3. The molecule has 4 rings (SSSR count). The minimum absolute atomic E-state index is 0.0307. The summed E-state index contributed by atoms with van der Waals surface area (Å²) in [4.78, 5) is 26.5. The van der Waals surface area contributed by atoms with Crippen LogP contribution in [0.4, 0.5) is 15.0 Å². The third kappa shape index (κ3) is 7.27. The number of nitrogens with one attached hydrogen (secondary N) is 1. The molecule has 0 radical (unpaired) electrons. The molecule has 2 aromatic carbocycles. The highest BCUT2D eigenvalue weighted by Crippen LogP contribution is 2.38. The lowest BCUT2D eigenvalue weighted by atomic mass is 10.0. The van der Waals surface area contributed by atoms with Crippen LogP contribution in [0.25, 0.3) is 22.0 Å². The Morgan fingerprint density at radius 3 is 2.30 bits per heavy atom. The van der Waals surface area contributed by atoms with Crippen LogP contribution in [-0.2, 0) is 9.16 Å². The Morgan fingerprint density at radius 2 is 1.72 bits per heavy atom. The van der Waals surface area contributed by atoms with Gasteiger partial charge in [-0.05, 0) is 92.0 Å². The molecule has 0 aliphatic carbocycles. The van der Waals surface area contributed by atoms with Gasteiger partial charge in [0.25, 0.3) is 5.56 Å². The maximum Gasteiger partial charge on any atom is 0.435 e. The molecular formula is C32H40BrFN4O4Si. The second-order valence-electron chi connectivity index (χ2n) is 13.2. The van der Waals surface area contributed by atoms with Crippen LogP contribution in [-0.4, -0.2) is 48.0 Å². The third-order valence-electron chi connectivity index (χ3n) is 7.78. The number of benzene rings is 2. The van der Waals surface area contributed by atoms with Crippen LogP contribution in [0.3, 0.4) is 0 Å². The summed E-state index contributed by atoms with van der Waals surface area (Å²) >= 11 is 3.39. The quantitative estimate of drug-likeness (QED) is 0.199. The van der Waals surface area contributed by atoms with Gasteiger partial charge in [-0.25, -0.2) is 9.18 Å². The first-order chi connectivity index (χ1) is 19.9. The normalized spacial score (nSPS) is 13.3. The van der Waals surface area contributed by atoms with Gasteiger partial charge in [-0.1, -0.05) is 42.8 Å². The van der Waals surface area contributed by atoms with Crippen molar-refractivity contribution >= 4 is 47.1 Å². The summed E-state index contributed by atoms with van der Waals surface area (Å²) in [6, 6.07) is 13.0. The van der Waals surface area contributed by atoms with E-state index in [-0.39, 0.29) is 17.2 Å². The zero-order valence-corrected chi connectivity index (χ0v) is 28.8. The highest BCUT2D eigenvalue weighted by atomic mass is 79.9. The molecule has 0 aliphatic rings. The van der Waals surface area contributed by atoms with Gasteiger partial charge in [0.05, 0.1) is 18.2 Å². The van der Waals surface area contributed by atoms with Crippen molar-refractivity contribution in [3.63, 3.8) is 0 Å². The van der Waals surface area contributed by atoms with E-state index in [1.165, 1.54) is 16.8 Å². The summed E-state index contributed by atoms with van der Waals surface area (Å²) in [5.41, 5.74) is 1.76. The molecular weight excluding hydrogens is 631 g/mol. The Balaban J connectivity index is 1.74. The van der Waals surface area contributed by atoms with Crippen molar-refractivity contribution in [2.24, 2.45) is 0 Å². The van der Waals surface area contributed by atoms with Crippen LogP contribution in [0, 0.1) is 5.82 Å². The van der Waals surface area contributed by atoms with Crippen molar-refractivity contribution < 1.29 is 18.3 Å². The van der Waals surface area contributed by atoms with Gasteiger partial charge in [-0.2, -0.15) is 4.68 Å². The fraction of sp³-hybridized carbons (Fsp3) is 0.406. The van der Waals surface area contributed by atoms with Gasteiger partial charge in [0, 0.05) is 29.2 Å². The molecule has 1 N–H and O–H groups in total. The number of hydrogen-bond donors (Lipinski definition) is 1. The second-order valence-corrected chi connectivity index (χ2v) is 18.9. The van der Waals surface area contributed by atoms with Gasteiger partial charge in [0.15, 0.2) is 14.1 Å². The van der Waals surface area contributed by atoms with Crippen LogP contribution in [0.5, 0.6) is 0 Å². The monoisotopic (exact) mass is 670 g/mol. The first-order valence-corrected chi connectivity index (χ1v) is 17.9. The number of fused-ring (bicyclic) bond motifs is 1. The van der Waals surface area contributed by atoms with Gasteiger partial charge in [0.1, 0.15) is 11.4 Å². The van der Waals surface area contributed by atoms with E-state index < -0.39 is 31.9 Å². The molecule has 0 spiro atoms. The Labute approximate surface area is 261 Å². The number of hydrogen-bond acceptors (Lipinski definition) is 6. The first-order valence-electron chi connectivity index (χ1n) is 14.2. The van der Waals surface area contributed by atoms with Gasteiger partial charge in [-0.3, -0.25) is 4.79 Å². The van der Waals surface area contributed by atoms with Crippen molar-refractivity contribution in [2.75, 3.05) is 19.0 Å². The Kier molecular flexibility index (Phi) is 9.11. The fourth-order valence-electron chi connectivity index (χ4n) is 4.46. The number of ether oxygens (including phenoxy) is 1. The average molecular weight is 672 g/mol. The molecule has 4 aromatic rings. The van der Waals surface area contributed by atoms with Crippen molar-refractivity contribution in [3.05, 3.63) is 80.9 Å². The van der Waals surface area contributed by atoms with E-state index in [0.29, 0.717) is 32.3 Å². The molecule has 2 aromatic heterocycles. The lowest BCUT2D eigenvalue weighted by molar-refractivity contribution is 0.0523. The van der Waals surface area contributed by atoms with Crippen molar-refractivity contribution in [1.82, 2.24) is 14.3 Å². The molecule has 0 saturated heterocycles. The Bertz CT molecular complexity index is 1700. The summed E-state index contributed by atoms with van der Waals surface area (Å²) in [6.45, 7) is 16.4. The molecule has 230 valence electrons. The average Bonchev–Trinajstić information content (AvgIpc) is 3.25. The molecule has 0 fully saturated rings. The van der Waals surface area contributed by atoms with Gasteiger partial charge < -0.3 is 19.0 Å². The zero-order valence-electron chi connectivity index (χ0n) is 26.2. The van der Waals surface area contributed by atoms with Crippen LogP contribution in [0.2, 0.25) is 18.1 Å². The molecule has 0 amide bonds. The highest BCUT2D eigenvalue weighted by molar-refractivity contribution is 9.10. The molecule has 2 heterocycles. The lowest BCUT2D eigenvalue weighted by Crippen LogP contribution is -2.43. The molecule has 0 bridgehead atoms. The predicted octanol–water partition coefficient (Wildman–Crippen LogP) is 8.20. The molecule has 8 nitrogen and oxygen atoms in total. The van der Waals surface area contributed by atoms with E-state index in [1.54, 1.807) is 50.7 Å². The molecule has 43 heavy (non-hydrogen) atoms. The Morgan fingerprint density at radius 1 is 1.05 bits per heavy atom. The van der Waals surface area contributed by atoms with E-state index in [4.69, 9.17) is 9.16 Å². The standard InChI is InChI=1S/C32H40BrFN4O4Si/c1-31(2,3)42-30(40)38-26-11-10-20(16-25(26)29(35-7)36-38)21-12-13-37(28(39)17-21)27(19-41-43(8,9)32(4,5)6)22-14-23(33)18-24(34)15-22/h10-18,27H,19H2,1-9H3,(H,35,36)/t27-/m1/s1. The molecule has 1 atom stereocenters. The highest BCUT2D eigenvalue weighted by Gasteiger charge is 2.38. The van der Waals surface area contributed by atoms with Crippen LogP contribution in [0.15, 0.2) is 64.0 Å². The molecule has 0 aliphatic heterocycles. The van der Waals surface area contributed by atoms with Crippen molar-refractivity contribution in [2.45, 2.75) is 71.3 Å². The number of aromatic nitrogens is 3. The van der Waals surface area contributed by atoms with Crippen LogP contribution in [0.1, 0.15) is 53.1 Å². The van der Waals surface area contributed by atoms with Crippen molar-refractivity contribution in [1.29, 1.82) is 0 Å². The van der Waals surface area contributed by atoms with Gasteiger partial charge in [0.2, 0.25) is 0 Å². The Hall–Kier alpha value is -3.28. The number of rotatable bonds is 7. The number of anilines is 1. The third-order valence-corrected chi connectivity index (χ3v) is 12.7. The molecule has 11 heteroatoms. The summed E-state index contributed by atoms with van der Waals surface area (Å²) < 4.78 is 30.0. The van der Waals surface area contributed by atoms with Gasteiger partial charge >= 0.3 is 6.09 Å². The maximum atomic E-state index is 14.5. The van der Waals surface area contributed by atoms with E-state index in [0.717, 1.165) is 5.56 Å². The SMILES string of the molecule is CNc1nn(C(=O)OC(C)(C)C)c2ccc(-c3ccn([C@H](CO[Si](C)(C)C(C)(C)C)c4cc(F)cc(Br)c4)c(=O)c3)cc12. The van der Waals surface area contributed by atoms with Crippen molar-refractivity contribution in [3.8, 4) is 11.1 Å². The smallest absolute Gasteiger partial charge is 0.435 e. The van der Waals surface area contributed by atoms with E-state index in [2.05, 4.69) is 60.2 Å². The first kappa shape index (κ1) is 32.6. The summed E-state index contributed by atoms with van der Waals surface area (Å²) in [7, 11) is -0.436. The number of pyridine rings is 1. The topological polar surface area (TPSA) is 87.4 Å². The predicted molar refractivity (Wildman–Crippen MR) is 176 cm³/mol. The molecule has 0 saturated carbocycles. The maximum absolute atomic E-state index is 14.5. The zero-order chi connectivity index (χ0) is 31.9. The molecule has 0 unspecified atom stereocenters. The summed E-state index contributed by atoms with van der Waals surface area (Å²) in [6.07, 6.45) is 1.15. The van der Waals surface area contributed by atoms with E-state index in [1.807, 2.05) is 24.3 Å². The fourth-order valence-corrected chi connectivity index (χ4v) is 5.95. The number of carbonyl (C=O) groups is 1. The largest absolute Gasteiger partial charge is 0.442 e. The minimum Gasteiger partial charge on any atom is -0.442 e.